The molecular formula is C21H26F2N2O4. The van der Waals surface area contributed by atoms with Gasteiger partial charge in [0.25, 0.3) is 0 Å². The number of nitrogens with one attached hydrogen (secondary N) is 1. The fourth-order valence-corrected chi connectivity index (χ4v) is 3.25. The molecule has 1 aromatic carbocycles. The molecule has 8 heteroatoms. The summed E-state index contributed by atoms with van der Waals surface area (Å²) < 4.78 is 32.4. The number of carbonyl (C=O) groups is 3. The van der Waals surface area contributed by atoms with Crippen LogP contribution in [0.1, 0.15) is 38.7 Å². The summed E-state index contributed by atoms with van der Waals surface area (Å²) in [6.07, 6.45) is 2.05. The van der Waals surface area contributed by atoms with Crippen LogP contribution in [-0.2, 0) is 25.7 Å². The minimum Gasteiger partial charge on any atom is -0.460 e. The summed E-state index contributed by atoms with van der Waals surface area (Å²) in [6, 6.07) is 2.51. The first-order chi connectivity index (χ1) is 13.7. The second-order valence-corrected chi connectivity index (χ2v) is 7.34. The summed E-state index contributed by atoms with van der Waals surface area (Å²) in [7, 11) is 0. The molecule has 1 N–H and O–H groups in total. The largest absolute Gasteiger partial charge is 0.460 e. The molecule has 158 valence electrons. The van der Waals surface area contributed by atoms with Gasteiger partial charge in [-0.25, -0.2) is 13.6 Å². The van der Waals surface area contributed by atoms with E-state index < -0.39 is 35.6 Å². The molecule has 0 unspecified atom stereocenters. The number of carbonyl (C=O) groups excluding carboxylic acids is 3. The lowest BCUT2D eigenvalue weighted by Crippen LogP contribution is -2.47. The summed E-state index contributed by atoms with van der Waals surface area (Å²) >= 11 is 0. The van der Waals surface area contributed by atoms with Crippen LogP contribution in [0.25, 0.3) is 0 Å². The molecular weight excluding hydrogens is 382 g/mol. The van der Waals surface area contributed by atoms with Gasteiger partial charge in [0.2, 0.25) is 11.8 Å². The molecule has 2 atom stereocenters. The Morgan fingerprint density at radius 1 is 1.38 bits per heavy atom. The minimum atomic E-state index is -1.000. The van der Waals surface area contributed by atoms with Crippen molar-refractivity contribution < 1.29 is 27.9 Å². The van der Waals surface area contributed by atoms with Crippen molar-refractivity contribution in [2.24, 2.45) is 5.92 Å². The zero-order chi connectivity index (χ0) is 21.6. The Morgan fingerprint density at radius 2 is 2.10 bits per heavy atom. The SMILES string of the molecule is C=CCOC(=O)[C@@H](NC(=O)C[C@@H]1CCC(=O)N1Cc1cccc(F)c1F)C(C)C. The van der Waals surface area contributed by atoms with Crippen molar-refractivity contribution >= 4 is 17.8 Å². The van der Waals surface area contributed by atoms with E-state index in [-0.39, 0.29) is 43.4 Å². The van der Waals surface area contributed by atoms with Crippen LogP contribution >= 0.6 is 0 Å². The summed E-state index contributed by atoms with van der Waals surface area (Å²) in [4.78, 5) is 38.2. The maximum atomic E-state index is 14.0. The van der Waals surface area contributed by atoms with Gasteiger partial charge in [-0.1, -0.05) is 38.6 Å². The van der Waals surface area contributed by atoms with Crippen molar-refractivity contribution in [2.45, 2.75) is 51.7 Å². The molecule has 1 fully saturated rings. The highest BCUT2D eigenvalue weighted by Crippen LogP contribution is 2.25. The number of likely N-dealkylation sites (tertiary alicyclic amines) is 1. The smallest absolute Gasteiger partial charge is 0.329 e. The second-order valence-electron chi connectivity index (χ2n) is 7.34. The summed E-state index contributed by atoms with van der Waals surface area (Å²) in [5.41, 5.74) is 0.0544. The normalized spacial score (nSPS) is 17.3. The van der Waals surface area contributed by atoms with E-state index in [0.717, 1.165) is 6.07 Å². The third kappa shape index (κ3) is 5.85. The Morgan fingerprint density at radius 3 is 2.76 bits per heavy atom. The van der Waals surface area contributed by atoms with E-state index in [9.17, 15) is 23.2 Å². The molecule has 0 bridgehead atoms. The lowest BCUT2D eigenvalue weighted by Gasteiger charge is -2.26. The highest BCUT2D eigenvalue weighted by molar-refractivity contribution is 5.86. The van der Waals surface area contributed by atoms with Gasteiger partial charge in [-0.15, -0.1) is 0 Å². The first-order valence-electron chi connectivity index (χ1n) is 9.53. The quantitative estimate of drug-likeness (QED) is 0.504. The fraction of sp³-hybridized carbons (Fsp3) is 0.476. The zero-order valence-corrected chi connectivity index (χ0v) is 16.6. The molecule has 0 spiro atoms. The van der Waals surface area contributed by atoms with E-state index in [1.165, 1.54) is 23.1 Å². The van der Waals surface area contributed by atoms with Crippen molar-refractivity contribution in [3.05, 3.63) is 48.1 Å². The number of nitrogens with zero attached hydrogens (tertiary/aromatic N) is 1. The molecule has 1 aromatic rings. The number of hydrogen-bond donors (Lipinski definition) is 1. The van der Waals surface area contributed by atoms with Gasteiger partial charge in [0, 0.05) is 31.0 Å². The predicted molar refractivity (Wildman–Crippen MR) is 102 cm³/mol. The Bertz CT molecular complexity index is 782. The van der Waals surface area contributed by atoms with Crippen LogP contribution in [0.5, 0.6) is 0 Å². The number of rotatable bonds is 9. The number of benzene rings is 1. The van der Waals surface area contributed by atoms with Crippen molar-refractivity contribution in [1.29, 1.82) is 0 Å². The number of amides is 2. The van der Waals surface area contributed by atoms with Gasteiger partial charge in [0.15, 0.2) is 11.6 Å². The Hall–Kier alpha value is -2.77. The molecule has 1 aliphatic heterocycles. The molecule has 29 heavy (non-hydrogen) atoms. The van der Waals surface area contributed by atoms with Crippen molar-refractivity contribution in [1.82, 2.24) is 10.2 Å². The molecule has 1 aliphatic rings. The number of ether oxygens (including phenoxy) is 1. The van der Waals surface area contributed by atoms with Crippen LogP contribution in [0.4, 0.5) is 8.78 Å². The van der Waals surface area contributed by atoms with Gasteiger partial charge in [-0.3, -0.25) is 9.59 Å². The van der Waals surface area contributed by atoms with Crippen LogP contribution in [0.2, 0.25) is 0 Å². The molecule has 0 saturated carbocycles. The number of hydrogen-bond acceptors (Lipinski definition) is 4. The van der Waals surface area contributed by atoms with Gasteiger partial charge in [-0.05, 0) is 18.4 Å². The van der Waals surface area contributed by atoms with Crippen molar-refractivity contribution in [2.75, 3.05) is 6.61 Å². The summed E-state index contributed by atoms with van der Waals surface area (Å²) in [6.45, 7) is 6.96. The molecule has 2 rings (SSSR count). The van der Waals surface area contributed by atoms with Crippen molar-refractivity contribution in [3.8, 4) is 0 Å². The van der Waals surface area contributed by atoms with Crippen LogP contribution in [0.15, 0.2) is 30.9 Å². The van der Waals surface area contributed by atoms with E-state index in [2.05, 4.69) is 11.9 Å². The van der Waals surface area contributed by atoms with Crippen LogP contribution in [-0.4, -0.2) is 41.4 Å². The fourth-order valence-electron chi connectivity index (χ4n) is 3.25. The lowest BCUT2D eigenvalue weighted by molar-refractivity contribution is -0.148. The highest BCUT2D eigenvalue weighted by atomic mass is 19.2. The predicted octanol–water partition coefficient (Wildman–Crippen LogP) is 2.72. The van der Waals surface area contributed by atoms with E-state index >= 15 is 0 Å². The standard InChI is InChI=1S/C21H26F2N2O4/c1-4-10-29-21(28)20(13(2)3)24-17(26)11-15-8-9-18(27)25(15)12-14-6-5-7-16(22)19(14)23/h4-7,13,15,20H,1,8-12H2,2-3H3,(H,24,26)/t15-,20-/m0/s1. The lowest BCUT2D eigenvalue weighted by atomic mass is 10.0. The van der Waals surface area contributed by atoms with Crippen LogP contribution in [0, 0.1) is 17.6 Å². The minimum absolute atomic E-state index is 0.0410. The van der Waals surface area contributed by atoms with E-state index in [1.54, 1.807) is 13.8 Å². The second kappa shape index (κ2) is 10.1. The molecule has 0 radical (unpaired) electrons. The van der Waals surface area contributed by atoms with E-state index in [4.69, 9.17) is 4.74 Å². The van der Waals surface area contributed by atoms with Crippen LogP contribution in [0.3, 0.4) is 0 Å². The average Bonchev–Trinajstić information content (AvgIpc) is 3.00. The first-order valence-corrected chi connectivity index (χ1v) is 9.53. The number of halogens is 2. The van der Waals surface area contributed by atoms with Gasteiger partial charge < -0.3 is 15.0 Å². The Labute approximate surface area is 168 Å². The molecule has 6 nitrogen and oxygen atoms in total. The zero-order valence-electron chi connectivity index (χ0n) is 16.6. The van der Waals surface area contributed by atoms with Gasteiger partial charge in [0.1, 0.15) is 12.6 Å². The maximum absolute atomic E-state index is 14.0. The van der Waals surface area contributed by atoms with Gasteiger partial charge in [0.05, 0.1) is 0 Å². The summed E-state index contributed by atoms with van der Waals surface area (Å²) in [5.74, 6) is -3.38. The van der Waals surface area contributed by atoms with Crippen LogP contribution < -0.4 is 5.32 Å². The highest BCUT2D eigenvalue weighted by Gasteiger charge is 2.34. The topological polar surface area (TPSA) is 75.7 Å². The first kappa shape index (κ1) is 22.5. The molecule has 0 aliphatic carbocycles. The van der Waals surface area contributed by atoms with Crippen molar-refractivity contribution in [3.63, 3.8) is 0 Å². The Balaban J connectivity index is 2.03. The van der Waals surface area contributed by atoms with Gasteiger partial charge >= 0.3 is 5.97 Å². The average molecular weight is 408 g/mol. The summed E-state index contributed by atoms with van der Waals surface area (Å²) in [5, 5.41) is 2.65. The monoisotopic (exact) mass is 408 g/mol. The van der Waals surface area contributed by atoms with Gasteiger partial charge in [-0.2, -0.15) is 0 Å². The van der Waals surface area contributed by atoms with E-state index in [1.807, 2.05) is 0 Å². The van der Waals surface area contributed by atoms with E-state index in [0.29, 0.717) is 6.42 Å². The third-order valence-electron chi connectivity index (χ3n) is 4.83. The molecule has 1 heterocycles. The molecule has 0 aromatic heterocycles. The maximum Gasteiger partial charge on any atom is 0.329 e. The molecule has 2 amide bonds. The third-order valence-corrected chi connectivity index (χ3v) is 4.83. The number of esters is 1. The molecule has 1 saturated heterocycles. The Kier molecular flexibility index (Phi) is 7.87.